The highest BCUT2D eigenvalue weighted by Gasteiger charge is 2.19. The molecule has 2 aliphatic heterocycles. The van der Waals surface area contributed by atoms with Crippen molar-refractivity contribution in [3.05, 3.63) is 30.3 Å². The van der Waals surface area contributed by atoms with E-state index in [9.17, 15) is 0 Å². The van der Waals surface area contributed by atoms with Crippen LogP contribution in [0.2, 0.25) is 0 Å². The molecule has 0 spiro atoms. The molecule has 2 aliphatic rings. The molecule has 0 amide bonds. The van der Waals surface area contributed by atoms with Gasteiger partial charge in [0.15, 0.2) is 5.96 Å². The summed E-state index contributed by atoms with van der Waals surface area (Å²) in [6.07, 6.45) is 2.14. The van der Waals surface area contributed by atoms with Crippen LogP contribution in [-0.4, -0.2) is 77.1 Å². The molecule has 1 atom stereocenters. The largest absolute Gasteiger partial charge is 0.381 e. The third kappa shape index (κ3) is 7.12. The van der Waals surface area contributed by atoms with Crippen LogP contribution in [-0.2, 0) is 9.47 Å². The number of benzene rings is 1. The standard InChI is InChI=1S/C20H32N4O2.HI/c1-21-20(22-9-5-14-25-16-18-8-15-26-17-18)24-12-10-23(11-13-24)19-6-3-2-4-7-19;/h2-4,6-7,18H,5,8-17H2,1H3,(H,21,22);1H. The van der Waals surface area contributed by atoms with Crippen LogP contribution in [0.15, 0.2) is 35.3 Å². The van der Waals surface area contributed by atoms with Crippen molar-refractivity contribution in [1.82, 2.24) is 10.2 Å². The minimum atomic E-state index is 0. The highest BCUT2D eigenvalue weighted by molar-refractivity contribution is 14.0. The molecular formula is C20H33IN4O2. The molecule has 1 N–H and O–H groups in total. The van der Waals surface area contributed by atoms with Crippen molar-refractivity contribution >= 4 is 35.6 Å². The molecule has 0 radical (unpaired) electrons. The van der Waals surface area contributed by atoms with E-state index in [0.717, 1.165) is 78.0 Å². The average Bonchev–Trinajstić information content (AvgIpc) is 3.22. The minimum Gasteiger partial charge on any atom is -0.381 e. The maximum absolute atomic E-state index is 5.76. The lowest BCUT2D eigenvalue weighted by Gasteiger charge is -2.37. The normalized spacial score (nSPS) is 20.5. The second kappa shape index (κ2) is 12.4. The molecule has 1 aromatic rings. The summed E-state index contributed by atoms with van der Waals surface area (Å²) >= 11 is 0. The van der Waals surface area contributed by atoms with Gasteiger partial charge in [-0.2, -0.15) is 0 Å². The van der Waals surface area contributed by atoms with Crippen molar-refractivity contribution < 1.29 is 9.47 Å². The number of guanidine groups is 1. The Labute approximate surface area is 180 Å². The fourth-order valence-electron chi connectivity index (χ4n) is 3.49. The smallest absolute Gasteiger partial charge is 0.193 e. The van der Waals surface area contributed by atoms with E-state index in [-0.39, 0.29) is 24.0 Å². The van der Waals surface area contributed by atoms with E-state index in [2.05, 4.69) is 50.4 Å². The van der Waals surface area contributed by atoms with E-state index in [0.29, 0.717) is 5.92 Å². The van der Waals surface area contributed by atoms with Crippen molar-refractivity contribution in [3.8, 4) is 0 Å². The van der Waals surface area contributed by atoms with Gasteiger partial charge in [-0.1, -0.05) is 18.2 Å². The van der Waals surface area contributed by atoms with Gasteiger partial charge in [0.2, 0.25) is 0 Å². The molecule has 0 bridgehead atoms. The van der Waals surface area contributed by atoms with Crippen LogP contribution < -0.4 is 10.2 Å². The fraction of sp³-hybridized carbons (Fsp3) is 0.650. The summed E-state index contributed by atoms with van der Waals surface area (Å²) in [5, 5.41) is 3.47. The summed E-state index contributed by atoms with van der Waals surface area (Å²) < 4.78 is 11.1. The van der Waals surface area contributed by atoms with Crippen molar-refractivity contribution in [2.45, 2.75) is 12.8 Å². The zero-order chi connectivity index (χ0) is 18.0. The summed E-state index contributed by atoms with van der Waals surface area (Å²) in [7, 11) is 1.86. The average molecular weight is 488 g/mol. The maximum Gasteiger partial charge on any atom is 0.193 e. The van der Waals surface area contributed by atoms with Crippen LogP contribution in [0.3, 0.4) is 0 Å². The molecule has 6 nitrogen and oxygen atoms in total. The van der Waals surface area contributed by atoms with Crippen LogP contribution >= 0.6 is 24.0 Å². The zero-order valence-electron chi connectivity index (χ0n) is 16.3. The molecule has 1 unspecified atom stereocenters. The van der Waals surface area contributed by atoms with Gasteiger partial charge >= 0.3 is 0 Å². The molecule has 0 saturated carbocycles. The Morgan fingerprint density at radius 3 is 2.67 bits per heavy atom. The Morgan fingerprint density at radius 2 is 2.00 bits per heavy atom. The second-order valence-electron chi connectivity index (χ2n) is 6.94. The number of anilines is 1. The Morgan fingerprint density at radius 1 is 1.22 bits per heavy atom. The van der Waals surface area contributed by atoms with Crippen LogP contribution in [0.25, 0.3) is 0 Å². The van der Waals surface area contributed by atoms with Crippen molar-refractivity contribution in [1.29, 1.82) is 0 Å². The van der Waals surface area contributed by atoms with Gasteiger partial charge in [0.25, 0.3) is 0 Å². The number of piperazine rings is 1. The first-order chi connectivity index (χ1) is 12.9. The van der Waals surface area contributed by atoms with E-state index in [1.807, 2.05) is 7.05 Å². The molecule has 2 fully saturated rings. The van der Waals surface area contributed by atoms with E-state index in [1.165, 1.54) is 5.69 Å². The summed E-state index contributed by atoms with van der Waals surface area (Å²) in [6.45, 7) is 8.31. The molecule has 2 saturated heterocycles. The Hall–Kier alpha value is -1.06. The number of nitrogens with zero attached hydrogens (tertiary/aromatic N) is 3. The predicted octanol–water partition coefficient (Wildman–Crippen LogP) is 2.45. The lowest BCUT2D eigenvalue weighted by molar-refractivity contribution is 0.0887. The fourth-order valence-corrected chi connectivity index (χ4v) is 3.49. The molecule has 7 heteroatoms. The third-order valence-electron chi connectivity index (χ3n) is 5.04. The molecule has 0 aromatic heterocycles. The first-order valence-electron chi connectivity index (χ1n) is 9.78. The number of nitrogens with one attached hydrogen (secondary N) is 1. The monoisotopic (exact) mass is 488 g/mol. The third-order valence-corrected chi connectivity index (χ3v) is 5.04. The van der Waals surface area contributed by atoms with Crippen LogP contribution in [0.1, 0.15) is 12.8 Å². The van der Waals surface area contributed by atoms with E-state index in [4.69, 9.17) is 9.47 Å². The number of hydrogen-bond acceptors (Lipinski definition) is 4. The number of para-hydroxylation sites is 1. The Balaban J connectivity index is 0.00000261. The quantitative estimate of drug-likeness (QED) is 0.277. The van der Waals surface area contributed by atoms with Gasteiger partial charge in [-0.15, -0.1) is 24.0 Å². The summed E-state index contributed by atoms with van der Waals surface area (Å²) in [5.41, 5.74) is 1.31. The Bertz CT molecular complexity index is 544. The summed E-state index contributed by atoms with van der Waals surface area (Å²) in [4.78, 5) is 9.22. The molecule has 152 valence electrons. The van der Waals surface area contributed by atoms with Crippen LogP contribution in [0.5, 0.6) is 0 Å². The number of halogens is 1. The van der Waals surface area contributed by atoms with Gasteiger partial charge in [-0.25, -0.2) is 0 Å². The van der Waals surface area contributed by atoms with Gasteiger partial charge in [0.1, 0.15) is 0 Å². The van der Waals surface area contributed by atoms with Crippen molar-refractivity contribution in [2.24, 2.45) is 10.9 Å². The van der Waals surface area contributed by atoms with E-state index >= 15 is 0 Å². The molecule has 2 heterocycles. The second-order valence-corrected chi connectivity index (χ2v) is 6.94. The topological polar surface area (TPSA) is 49.3 Å². The maximum atomic E-state index is 5.76. The highest BCUT2D eigenvalue weighted by atomic mass is 127. The Kier molecular flexibility index (Phi) is 10.2. The SMILES string of the molecule is CN=C(NCCCOCC1CCOC1)N1CCN(c2ccccc2)CC1.I. The summed E-state index contributed by atoms with van der Waals surface area (Å²) in [5.74, 6) is 1.60. The van der Waals surface area contributed by atoms with Crippen LogP contribution in [0, 0.1) is 5.92 Å². The van der Waals surface area contributed by atoms with Gasteiger partial charge < -0.3 is 24.6 Å². The molecule has 3 rings (SSSR count). The van der Waals surface area contributed by atoms with Crippen molar-refractivity contribution in [2.75, 3.05) is 71.1 Å². The number of rotatable bonds is 7. The first kappa shape index (κ1) is 22.2. The lowest BCUT2D eigenvalue weighted by Crippen LogP contribution is -2.52. The van der Waals surface area contributed by atoms with Gasteiger partial charge in [-0.05, 0) is 25.0 Å². The van der Waals surface area contributed by atoms with Gasteiger partial charge in [-0.3, -0.25) is 4.99 Å². The molecule has 0 aliphatic carbocycles. The molecule has 27 heavy (non-hydrogen) atoms. The highest BCUT2D eigenvalue weighted by Crippen LogP contribution is 2.15. The van der Waals surface area contributed by atoms with Crippen molar-refractivity contribution in [3.63, 3.8) is 0 Å². The number of ether oxygens (including phenoxy) is 2. The molecular weight excluding hydrogens is 455 g/mol. The lowest BCUT2D eigenvalue weighted by atomic mass is 10.1. The molecule has 1 aromatic carbocycles. The van der Waals surface area contributed by atoms with E-state index < -0.39 is 0 Å². The number of hydrogen-bond donors (Lipinski definition) is 1. The minimum absolute atomic E-state index is 0. The van der Waals surface area contributed by atoms with Crippen LogP contribution in [0.4, 0.5) is 5.69 Å². The predicted molar refractivity (Wildman–Crippen MR) is 121 cm³/mol. The van der Waals surface area contributed by atoms with Gasteiger partial charge in [0.05, 0.1) is 13.2 Å². The van der Waals surface area contributed by atoms with E-state index in [1.54, 1.807) is 0 Å². The number of aliphatic imine (C=N–C) groups is 1. The van der Waals surface area contributed by atoms with Gasteiger partial charge in [0, 0.05) is 64.6 Å². The summed E-state index contributed by atoms with van der Waals surface area (Å²) in [6, 6.07) is 10.6. The first-order valence-corrected chi connectivity index (χ1v) is 9.78. The zero-order valence-corrected chi connectivity index (χ0v) is 18.6.